The van der Waals surface area contributed by atoms with Crippen molar-refractivity contribution in [3.05, 3.63) is 41.7 Å². The molecule has 102 valence electrons. The molecule has 1 aromatic carbocycles. The van der Waals surface area contributed by atoms with Crippen LogP contribution in [-0.2, 0) is 16.6 Å². The molecule has 0 amide bonds. The molecule has 0 aliphatic carbocycles. The van der Waals surface area contributed by atoms with Crippen LogP contribution >= 0.6 is 0 Å². The van der Waals surface area contributed by atoms with Crippen LogP contribution in [0.4, 0.5) is 0 Å². The number of ether oxygens (including phenoxy) is 1. The van der Waals surface area contributed by atoms with Crippen LogP contribution in [0.25, 0.3) is 0 Å². The molecule has 19 heavy (non-hydrogen) atoms. The first-order chi connectivity index (χ1) is 8.90. The van der Waals surface area contributed by atoms with Crippen LogP contribution < -0.4 is 9.88 Å². The number of nitrogens with zero attached hydrogens (tertiary/aromatic N) is 2. The van der Waals surface area contributed by atoms with Gasteiger partial charge in [0.25, 0.3) is 0 Å². The van der Waals surface area contributed by atoms with Crippen LogP contribution in [0.15, 0.2) is 35.5 Å². The van der Waals surface area contributed by atoms with E-state index in [0.29, 0.717) is 6.54 Å². The molecule has 1 aromatic heterocycles. The minimum Gasteiger partial charge on any atom is -0.496 e. The molecule has 0 fully saturated rings. The molecular formula is C12H15N3O3S. The number of hydrogen-bond acceptors (Lipinski definition) is 4. The molecule has 0 saturated heterocycles. The number of methoxy groups -OCH3 is 1. The lowest BCUT2D eigenvalue weighted by molar-refractivity contribution is 0.407. The van der Waals surface area contributed by atoms with Crippen molar-refractivity contribution in [2.75, 3.05) is 7.11 Å². The Hall–Kier alpha value is -1.86. The third-order valence-electron chi connectivity index (χ3n) is 2.71. The minimum atomic E-state index is -3.71. The summed E-state index contributed by atoms with van der Waals surface area (Å²) in [5.41, 5.74) is 2.01. The van der Waals surface area contributed by atoms with E-state index >= 15 is 0 Å². The molecule has 0 atom stereocenters. The smallest absolute Gasteiger partial charge is 0.241 e. The Balaban J connectivity index is 2.31. The van der Waals surface area contributed by atoms with Gasteiger partial charge in [-0.2, -0.15) is 5.10 Å². The molecule has 0 saturated carbocycles. The molecule has 0 unspecified atom stereocenters. The van der Waals surface area contributed by atoms with Gasteiger partial charge in [0.2, 0.25) is 10.0 Å². The second kappa shape index (κ2) is 5.02. The van der Waals surface area contributed by atoms with Gasteiger partial charge in [0, 0.05) is 11.8 Å². The lowest BCUT2D eigenvalue weighted by atomic mass is 10.1. The SMILES string of the molecule is COc1ccc(C)cc1Cn1cc(S(N)(=O)=O)cn1. The van der Waals surface area contributed by atoms with Crippen LogP contribution in [0.2, 0.25) is 0 Å². The third kappa shape index (κ3) is 3.12. The normalized spacial score (nSPS) is 11.5. The standard InChI is InChI=1S/C12H15N3O3S/c1-9-3-4-12(18-2)10(5-9)7-15-8-11(6-14-15)19(13,16)17/h3-6,8H,7H2,1-2H3,(H2,13,16,17). The number of sulfonamides is 1. The Morgan fingerprint density at radius 1 is 1.42 bits per heavy atom. The van der Waals surface area contributed by atoms with Gasteiger partial charge >= 0.3 is 0 Å². The summed E-state index contributed by atoms with van der Waals surface area (Å²) in [7, 11) is -2.12. The van der Waals surface area contributed by atoms with Crippen LogP contribution in [0.5, 0.6) is 5.75 Å². The highest BCUT2D eigenvalue weighted by Crippen LogP contribution is 2.20. The van der Waals surface area contributed by atoms with Crippen LogP contribution in [0, 0.1) is 6.92 Å². The van der Waals surface area contributed by atoms with Crippen LogP contribution in [0.1, 0.15) is 11.1 Å². The van der Waals surface area contributed by atoms with E-state index in [0.717, 1.165) is 16.9 Å². The second-order valence-electron chi connectivity index (χ2n) is 4.23. The van der Waals surface area contributed by atoms with Crippen molar-refractivity contribution in [2.24, 2.45) is 5.14 Å². The quantitative estimate of drug-likeness (QED) is 0.901. The van der Waals surface area contributed by atoms with E-state index in [9.17, 15) is 8.42 Å². The lowest BCUT2D eigenvalue weighted by Gasteiger charge is -2.09. The molecule has 2 aromatic rings. The summed E-state index contributed by atoms with van der Waals surface area (Å²) in [6.07, 6.45) is 2.63. The molecule has 0 radical (unpaired) electrons. The Bertz CT molecular complexity index is 692. The lowest BCUT2D eigenvalue weighted by Crippen LogP contribution is -2.11. The molecular weight excluding hydrogens is 266 g/mol. The van der Waals surface area contributed by atoms with E-state index in [-0.39, 0.29) is 4.90 Å². The number of aromatic nitrogens is 2. The topological polar surface area (TPSA) is 87.2 Å². The van der Waals surface area contributed by atoms with Gasteiger partial charge in [-0.25, -0.2) is 13.6 Å². The Morgan fingerprint density at radius 2 is 2.16 bits per heavy atom. The van der Waals surface area contributed by atoms with Crippen molar-refractivity contribution in [1.82, 2.24) is 9.78 Å². The maximum atomic E-state index is 11.2. The minimum absolute atomic E-state index is 0.000815. The molecule has 2 N–H and O–H groups in total. The van der Waals surface area contributed by atoms with E-state index < -0.39 is 10.0 Å². The summed E-state index contributed by atoms with van der Waals surface area (Å²) in [5, 5.41) is 9.02. The Morgan fingerprint density at radius 3 is 2.74 bits per heavy atom. The number of hydrogen-bond donors (Lipinski definition) is 1. The summed E-state index contributed by atoms with van der Waals surface area (Å²) in [4.78, 5) is -0.000815. The number of aryl methyl sites for hydroxylation is 1. The van der Waals surface area contributed by atoms with E-state index in [1.165, 1.54) is 17.1 Å². The summed E-state index contributed by atoms with van der Waals surface area (Å²) in [5.74, 6) is 0.734. The first-order valence-electron chi connectivity index (χ1n) is 5.59. The summed E-state index contributed by atoms with van der Waals surface area (Å²) in [6, 6.07) is 5.78. The van der Waals surface area contributed by atoms with Crippen molar-refractivity contribution >= 4 is 10.0 Å². The van der Waals surface area contributed by atoms with Gasteiger partial charge in [-0.3, -0.25) is 4.68 Å². The van der Waals surface area contributed by atoms with Gasteiger partial charge in [-0.15, -0.1) is 0 Å². The predicted octanol–water partition coefficient (Wildman–Crippen LogP) is 0.896. The average Bonchev–Trinajstić information content (AvgIpc) is 2.77. The molecule has 6 nitrogen and oxygen atoms in total. The van der Waals surface area contributed by atoms with E-state index in [4.69, 9.17) is 9.88 Å². The van der Waals surface area contributed by atoms with Crippen molar-refractivity contribution in [1.29, 1.82) is 0 Å². The summed E-state index contributed by atoms with van der Waals surface area (Å²) >= 11 is 0. The molecule has 1 heterocycles. The highest BCUT2D eigenvalue weighted by Gasteiger charge is 2.11. The summed E-state index contributed by atoms with van der Waals surface area (Å²) in [6.45, 7) is 2.39. The number of nitrogens with two attached hydrogens (primary N) is 1. The summed E-state index contributed by atoms with van der Waals surface area (Å²) < 4.78 is 29.1. The zero-order valence-corrected chi connectivity index (χ0v) is 11.5. The maximum Gasteiger partial charge on any atom is 0.241 e. The zero-order chi connectivity index (χ0) is 14.0. The number of benzene rings is 1. The zero-order valence-electron chi connectivity index (χ0n) is 10.7. The third-order valence-corrected chi connectivity index (χ3v) is 3.57. The van der Waals surface area contributed by atoms with Gasteiger partial charge in [0.05, 0.1) is 19.9 Å². The molecule has 2 rings (SSSR count). The molecule has 0 aliphatic heterocycles. The molecule has 0 aliphatic rings. The first kappa shape index (κ1) is 13.6. The van der Waals surface area contributed by atoms with Crippen molar-refractivity contribution in [3.63, 3.8) is 0 Å². The largest absolute Gasteiger partial charge is 0.496 e. The van der Waals surface area contributed by atoms with Gasteiger partial charge in [-0.1, -0.05) is 17.7 Å². The van der Waals surface area contributed by atoms with E-state index in [1.807, 2.05) is 25.1 Å². The van der Waals surface area contributed by atoms with E-state index in [1.54, 1.807) is 7.11 Å². The Kier molecular flexibility index (Phi) is 3.59. The molecule has 7 heteroatoms. The van der Waals surface area contributed by atoms with Crippen LogP contribution in [0.3, 0.4) is 0 Å². The fraction of sp³-hybridized carbons (Fsp3) is 0.250. The Labute approximate surface area is 111 Å². The van der Waals surface area contributed by atoms with Crippen molar-refractivity contribution in [2.45, 2.75) is 18.4 Å². The van der Waals surface area contributed by atoms with E-state index in [2.05, 4.69) is 5.10 Å². The molecule has 0 bridgehead atoms. The molecule has 0 spiro atoms. The predicted molar refractivity (Wildman–Crippen MR) is 70.4 cm³/mol. The van der Waals surface area contributed by atoms with Crippen LogP contribution in [-0.4, -0.2) is 25.3 Å². The second-order valence-corrected chi connectivity index (χ2v) is 5.80. The number of rotatable bonds is 4. The van der Waals surface area contributed by atoms with Gasteiger partial charge in [-0.05, 0) is 13.0 Å². The average molecular weight is 281 g/mol. The van der Waals surface area contributed by atoms with Crippen molar-refractivity contribution < 1.29 is 13.2 Å². The van der Waals surface area contributed by atoms with Gasteiger partial charge < -0.3 is 4.74 Å². The monoisotopic (exact) mass is 281 g/mol. The van der Waals surface area contributed by atoms with Crippen molar-refractivity contribution in [3.8, 4) is 5.75 Å². The fourth-order valence-electron chi connectivity index (χ4n) is 1.78. The van der Waals surface area contributed by atoms with Gasteiger partial charge in [0.15, 0.2) is 0 Å². The first-order valence-corrected chi connectivity index (χ1v) is 7.13. The fourth-order valence-corrected chi connectivity index (χ4v) is 2.25. The number of primary sulfonamides is 1. The highest BCUT2D eigenvalue weighted by molar-refractivity contribution is 7.89. The maximum absolute atomic E-state index is 11.2. The van der Waals surface area contributed by atoms with Gasteiger partial charge in [0.1, 0.15) is 10.6 Å². The highest BCUT2D eigenvalue weighted by atomic mass is 32.2.